The molecule has 0 aliphatic rings. The van der Waals surface area contributed by atoms with Crippen molar-refractivity contribution in [3.63, 3.8) is 0 Å². The normalized spacial score (nSPS) is 14.2. The fourth-order valence-electron chi connectivity index (χ4n) is 0.980. The maximum Gasteiger partial charge on any atom is 0.103 e. The zero-order valence-corrected chi connectivity index (χ0v) is 12.1. The van der Waals surface area contributed by atoms with E-state index in [2.05, 4.69) is 38.1 Å². The van der Waals surface area contributed by atoms with Crippen LogP contribution in [0.1, 0.15) is 38.4 Å². The van der Waals surface area contributed by atoms with Crippen LogP contribution >= 0.6 is 34.7 Å². The van der Waals surface area contributed by atoms with Crippen LogP contribution in [0.15, 0.2) is 5.38 Å². The first-order valence-corrected chi connectivity index (χ1v) is 7.52. The van der Waals surface area contributed by atoms with Gasteiger partial charge in [-0.2, -0.15) is 11.8 Å². The summed E-state index contributed by atoms with van der Waals surface area (Å²) in [6.45, 7) is 8.73. The number of rotatable bonds is 4. The molecule has 0 aromatic carbocycles. The summed E-state index contributed by atoms with van der Waals surface area (Å²) in [6.07, 6.45) is 0. The van der Waals surface area contributed by atoms with E-state index in [1.807, 2.05) is 11.8 Å². The highest BCUT2D eigenvalue weighted by Crippen LogP contribution is 2.27. The van der Waals surface area contributed by atoms with Gasteiger partial charge < -0.3 is 0 Å². The van der Waals surface area contributed by atoms with Crippen LogP contribution in [0.5, 0.6) is 0 Å². The van der Waals surface area contributed by atoms with Gasteiger partial charge in [0.05, 0.1) is 5.69 Å². The zero-order chi connectivity index (χ0) is 11.5. The predicted octanol–water partition coefficient (Wildman–Crippen LogP) is 4.30. The van der Waals surface area contributed by atoms with Crippen LogP contribution < -0.4 is 0 Å². The molecule has 0 bridgehead atoms. The molecule has 1 nitrogen and oxygen atoms in total. The third-order valence-electron chi connectivity index (χ3n) is 2.03. The van der Waals surface area contributed by atoms with Crippen molar-refractivity contribution in [2.45, 2.75) is 44.1 Å². The summed E-state index contributed by atoms with van der Waals surface area (Å²) < 4.78 is 0. The molecule has 15 heavy (non-hydrogen) atoms. The molecule has 1 heterocycles. The Hall–Kier alpha value is 0.270. The van der Waals surface area contributed by atoms with Crippen LogP contribution in [0, 0.1) is 0 Å². The van der Waals surface area contributed by atoms with E-state index in [-0.39, 0.29) is 5.41 Å². The highest BCUT2D eigenvalue weighted by Gasteiger charge is 2.17. The smallest absolute Gasteiger partial charge is 0.103 e. The van der Waals surface area contributed by atoms with E-state index in [0.717, 1.165) is 5.75 Å². The summed E-state index contributed by atoms with van der Waals surface area (Å²) in [4.78, 5) is 4.64. The van der Waals surface area contributed by atoms with Crippen LogP contribution in [-0.4, -0.2) is 16.1 Å². The van der Waals surface area contributed by atoms with Gasteiger partial charge in [-0.05, 0) is 0 Å². The van der Waals surface area contributed by atoms with Crippen LogP contribution in [0.25, 0.3) is 0 Å². The Labute approximate surface area is 106 Å². The molecule has 0 aliphatic heterocycles. The molecular formula is C11H18ClNS2. The number of thiazole rings is 1. The number of hydrogen-bond acceptors (Lipinski definition) is 3. The lowest BCUT2D eigenvalue weighted by molar-refractivity contribution is 0.572. The Morgan fingerprint density at radius 1 is 1.53 bits per heavy atom. The van der Waals surface area contributed by atoms with Crippen molar-refractivity contribution >= 4 is 34.7 Å². The van der Waals surface area contributed by atoms with E-state index in [4.69, 9.17) is 11.6 Å². The molecule has 1 unspecified atom stereocenters. The summed E-state index contributed by atoms with van der Waals surface area (Å²) >= 11 is 9.38. The van der Waals surface area contributed by atoms with Gasteiger partial charge in [-0.25, -0.2) is 4.98 Å². The van der Waals surface area contributed by atoms with E-state index in [1.54, 1.807) is 11.3 Å². The quantitative estimate of drug-likeness (QED) is 0.752. The van der Waals surface area contributed by atoms with Crippen molar-refractivity contribution in [1.29, 1.82) is 0 Å². The van der Waals surface area contributed by atoms with E-state index in [0.29, 0.717) is 11.1 Å². The first-order valence-electron chi connectivity index (χ1n) is 5.06. The first-order chi connectivity index (χ1) is 6.93. The summed E-state index contributed by atoms with van der Waals surface area (Å²) in [7, 11) is 0. The number of nitrogens with zero attached hydrogens (tertiary/aromatic N) is 1. The lowest BCUT2D eigenvalue weighted by atomic mass is 9.93. The second-order valence-electron chi connectivity index (χ2n) is 4.65. The van der Waals surface area contributed by atoms with Crippen LogP contribution in [-0.2, 0) is 11.2 Å². The predicted molar refractivity (Wildman–Crippen MR) is 72.3 cm³/mol. The fourth-order valence-corrected chi connectivity index (χ4v) is 3.11. The largest absolute Gasteiger partial charge is 0.245 e. The van der Waals surface area contributed by atoms with Gasteiger partial charge in [0.1, 0.15) is 5.01 Å². The molecule has 1 aromatic heterocycles. The summed E-state index contributed by atoms with van der Waals surface area (Å²) in [6, 6.07) is 0. The molecule has 0 radical (unpaired) electrons. The zero-order valence-electron chi connectivity index (χ0n) is 9.71. The van der Waals surface area contributed by atoms with Crippen molar-refractivity contribution in [3.05, 3.63) is 16.1 Å². The molecular weight excluding hydrogens is 246 g/mol. The SMILES string of the molecule is CC(CCl)SCc1nc(C(C)(C)C)cs1. The maximum absolute atomic E-state index is 5.76. The Balaban J connectivity index is 2.54. The number of hydrogen-bond donors (Lipinski definition) is 0. The molecule has 0 saturated carbocycles. The van der Waals surface area contributed by atoms with Gasteiger partial charge in [0.2, 0.25) is 0 Å². The van der Waals surface area contributed by atoms with Gasteiger partial charge in [-0.1, -0.05) is 27.7 Å². The number of thioether (sulfide) groups is 1. The molecule has 0 amide bonds. The first kappa shape index (κ1) is 13.3. The minimum atomic E-state index is 0.164. The maximum atomic E-state index is 5.76. The van der Waals surface area contributed by atoms with Crippen molar-refractivity contribution in [2.24, 2.45) is 0 Å². The molecule has 0 aliphatic carbocycles. The minimum absolute atomic E-state index is 0.164. The van der Waals surface area contributed by atoms with Gasteiger partial charge in [0.25, 0.3) is 0 Å². The van der Waals surface area contributed by atoms with Crippen LogP contribution in [0.3, 0.4) is 0 Å². The Morgan fingerprint density at radius 2 is 2.20 bits per heavy atom. The third-order valence-corrected chi connectivity index (χ3v) is 4.88. The third kappa shape index (κ3) is 4.33. The van der Waals surface area contributed by atoms with Crippen LogP contribution in [0.2, 0.25) is 0 Å². The molecule has 86 valence electrons. The highest BCUT2D eigenvalue weighted by atomic mass is 35.5. The summed E-state index contributed by atoms with van der Waals surface area (Å²) in [5, 5.41) is 3.89. The molecule has 0 saturated heterocycles. The van der Waals surface area contributed by atoms with Gasteiger partial charge in [0, 0.05) is 27.7 Å². The number of alkyl halides is 1. The molecule has 0 fully saturated rings. The van der Waals surface area contributed by atoms with Gasteiger partial charge >= 0.3 is 0 Å². The topological polar surface area (TPSA) is 12.9 Å². The second kappa shape index (κ2) is 5.55. The Bertz CT molecular complexity index is 304. The average Bonchev–Trinajstić information content (AvgIpc) is 2.61. The van der Waals surface area contributed by atoms with Gasteiger partial charge in [0.15, 0.2) is 0 Å². The van der Waals surface area contributed by atoms with E-state index < -0.39 is 0 Å². The molecule has 1 atom stereocenters. The Morgan fingerprint density at radius 3 is 2.67 bits per heavy atom. The average molecular weight is 264 g/mol. The lowest BCUT2D eigenvalue weighted by Gasteiger charge is -2.14. The van der Waals surface area contributed by atoms with E-state index in [1.165, 1.54) is 10.7 Å². The Kier molecular flexibility index (Phi) is 4.94. The molecule has 1 aromatic rings. The van der Waals surface area contributed by atoms with E-state index in [9.17, 15) is 0 Å². The van der Waals surface area contributed by atoms with Gasteiger partial charge in [-0.15, -0.1) is 22.9 Å². The highest BCUT2D eigenvalue weighted by molar-refractivity contribution is 7.99. The molecule has 1 rings (SSSR count). The molecule has 4 heteroatoms. The van der Waals surface area contributed by atoms with Crippen molar-refractivity contribution in [3.8, 4) is 0 Å². The minimum Gasteiger partial charge on any atom is -0.245 e. The van der Waals surface area contributed by atoms with Crippen LogP contribution in [0.4, 0.5) is 0 Å². The van der Waals surface area contributed by atoms with Crippen molar-refractivity contribution in [2.75, 3.05) is 5.88 Å². The van der Waals surface area contributed by atoms with Crippen molar-refractivity contribution in [1.82, 2.24) is 4.98 Å². The second-order valence-corrected chi connectivity index (χ2v) is 7.33. The van der Waals surface area contributed by atoms with E-state index >= 15 is 0 Å². The van der Waals surface area contributed by atoms with Gasteiger partial charge in [-0.3, -0.25) is 0 Å². The molecule has 0 N–H and O–H groups in total. The number of aromatic nitrogens is 1. The summed E-state index contributed by atoms with van der Waals surface area (Å²) in [5.41, 5.74) is 1.36. The number of halogens is 1. The standard InChI is InChI=1S/C11H18ClNS2/c1-8(5-12)14-7-10-13-9(6-15-10)11(2,3)4/h6,8H,5,7H2,1-4H3. The lowest BCUT2D eigenvalue weighted by Crippen LogP contribution is -2.11. The summed E-state index contributed by atoms with van der Waals surface area (Å²) in [5.74, 6) is 1.69. The fraction of sp³-hybridized carbons (Fsp3) is 0.727. The molecule has 0 spiro atoms. The van der Waals surface area contributed by atoms with Crippen molar-refractivity contribution < 1.29 is 0 Å². The monoisotopic (exact) mass is 263 g/mol.